The maximum atomic E-state index is 13.7. The second-order valence-corrected chi connectivity index (χ2v) is 11.0. The van der Waals surface area contributed by atoms with E-state index in [1.807, 2.05) is 24.3 Å². The van der Waals surface area contributed by atoms with Crippen LogP contribution in [-0.2, 0) is 17.8 Å². The Kier molecular flexibility index (Phi) is 5.94. The van der Waals surface area contributed by atoms with E-state index in [4.69, 9.17) is 17.2 Å². The van der Waals surface area contributed by atoms with Gasteiger partial charge in [-0.15, -0.1) is 0 Å². The minimum Gasteiger partial charge on any atom is -0.351 e. The summed E-state index contributed by atoms with van der Waals surface area (Å²) < 4.78 is 2.14. The van der Waals surface area contributed by atoms with Crippen molar-refractivity contribution in [2.45, 2.75) is 51.1 Å². The van der Waals surface area contributed by atoms with E-state index in [9.17, 15) is 9.59 Å². The van der Waals surface area contributed by atoms with Crippen molar-refractivity contribution in [3.05, 3.63) is 80.6 Å². The number of fused-ring (bicyclic) bond motifs is 2. The van der Waals surface area contributed by atoms with Crippen LogP contribution in [0.5, 0.6) is 0 Å². The lowest BCUT2D eigenvalue weighted by Crippen LogP contribution is -2.39. The molecule has 1 saturated carbocycles. The molecule has 0 bridgehead atoms. The van der Waals surface area contributed by atoms with E-state index < -0.39 is 0 Å². The van der Waals surface area contributed by atoms with Crippen LogP contribution in [0.1, 0.15) is 48.8 Å². The summed E-state index contributed by atoms with van der Waals surface area (Å²) >= 11 is 6.92. The topological polar surface area (TPSA) is 57.9 Å². The summed E-state index contributed by atoms with van der Waals surface area (Å²) in [5, 5.41) is 0. The number of hydrogen-bond acceptors (Lipinski definition) is 6. The molecule has 0 N–H and O–H groups in total. The molecule has 0 atom stereocenters. The second-order valence-electron chi connectivity index (χ2n) is 9.37. The smallest absolute Gasteiger partial charge is 0.267 e. The van der Waals surface area contributed by atoms with Crippen LogP contribution >= 0.6 is 24.0 Å². The zero-order valence-electron chi connectivity index (χ0n) is 19.4. The summed E-state index contributed by atoms with van der Waals surface area (Å²) in [4.78, 5) is 36.5. The van der Waals surface area contributed by atoms with Crippen molar-refractivity contribution in [1.29, 1.82) is 0 Å². The number of rotatable bonds is 3. The Hall–Kier alpha value is -2.97. The maximum Gasteiger partial charge on any atom is 0.267 e. The molecule has 1 saturated heterocycles. The maximum absolute atomic E-state index is 13.7. The van der Waals surface area contributed by atoms with Gasteiger partial charge in [0.2, 0.25) is 0 Å². The van der Waals surface area contributed by atoms with Crippen LogP contribution in [0.4, 0.5) is 5.82 Å². The molecule has 2 aliphatic heterocycles. The predicted molar refractivity (Wildman–Crippen MR) is 145 cm³/mol. The number of hydrogen-bond donors (Lipinski definition) is 0. The van der Waals surface area contributed by atoms with Gasteiger partial charge in [0.05, 0.1) is 10.5 Å². The summed E-state index contributed by atoms with van der Waals surface area (Å²) in [6.07, 6.45) is 9.76. The average molecular weight is 503 g/mol. The third-order valence-corrected chi connectivity index (χ3v) is 8.55. The van der Waals surface area contributed by atoms with Gasteiger partial charge in [0.25, 0.3) is 11.5 Å². The number of pyridine rings is 1. The molecule has 3 aromatic rings. The molecule has 1 amide bonds. The van der Waals surface area contributed by atoms with Crippen LogP contribution in [-0.4, -0.2) is 37.1 Å². The van der Waals surface area contributed by atoms with Crippen LogP contribution in [0.15, 0.2) is 58.4 Å². The van der Waals surface area contributed by atoms with E-state index in [1.54, 1.807) is 21.6 Å². The average Bonchev–Trinajstić information content (AvgIpc) is 3.18. The van der Waals surface area contributed by atoms with Gasteiger partial charge in [-0.25, -0.2) is 4.98 Å². The van der Waals surface area contributed by atoms with Crippen molar-refractivity contribution in [3.63, 3.8) is 0 Å². The quantitative estimate of drug-likeness (QED) is 0.379. The summed E-state index contributed by atoms with van der Waals surface area (Å²) in [6, 6.07) is 14.1. The summed E-state index contributed by atoms with van der Waals surface area (Å²) in [5.41, 5.74) is 3.43. The normalized spacial score (nSPS) is 20.2. The second kappa shape index (κ2) is 9.24. The number of aromatic nitrogens is 2. The Balaban J connectivity index is 1.43. The van der Waals surface area contributed by atoms with Gasteiger partial charge in [-0.3, -0.25) is 18.9 Å². The highest BCUT2D eigenvalue weighted by Gasteiger charge is 2.38. The zero-order chi connectivity index (χ0) is 23.9. The number of thiocarbonyl (C=S) groups is 1. The van der Waals surface area contributed by atoms with Crippen LogP contribution in [0.2, 0.25) is 0 Å². The number of carbonyl (C=O) groups excluding carboxylic acids is 1. The Morgan fingerprint density at radius 3 is 2.60 bits per heavy atom. The van der Waals surface area contributed by atoms with Crippen molar-refractivity contribution in [2.24, 2.45) is 0 Å². The molecule has 1 aromatic carbocycles. The molecule has 2 aromatic heterocycles. The minimum absolute atomic E-state index is 0.0839. The molecular weight excluding hydrogens is 476 g/mol. The molecular formula is C27H26N4O2S2. The summed E-state index contributed by atoms with van der Waals surface area (Å²) in [5.74, 6) is 0.540. The van der Waals surface area contributed by atoms with E-state index in [1.165, 1.54) is 29.3 Å². The van der Waals surface area contributed by atoms with Crippen molar-refractivity contribution >= 4 is 51.7 Å². The van der Waals surface area contributed by atoms with Gasteiger partial charge in [-0.05, 0) is 48.6 Å². The third-order valence-electron chi connectivity index (χ3n) is 7.22. The molecule has 0 radical (unpaired) electrons. The Labute approximate surface area is 213 Å². The van der Waals surface area contributed by atoms with Crippen LogP contribution in [0.25, 0.3) is 11.7 Å². The van der Waals surface area contributed by atoms with Crippen LogP contribution in [0.3, 0.4) is 0 Å². The summed E-state index contributed by atoms with van der Waals surface area (Å²) in [7, 11) is 0. The number of amides is 1. The van der Waals surface area contributed by atoms with Crippen molar-refractivity contribution in [3.8, 4) is 0 Å². The first-order chi connectivity index (χ1) is 17.1. The minimum atomic E-state index is -0.174. The number of nitrogens with zero attached hydrogens (tertiary/aromatic N) is 4. The van der Waals surface area contributed by atoms with Gasteiger partial charge in [-0.2, -0.15) is 0 Å². The molecule has 8 heteroatoms. The monoisotopic (exact) mass is 502 g/mol. The van der Waals surface area contributed by atoms with E-state index in [0.29, 0.717) is 32.8 Å². The molecule has 178 valence electrons. The molecule has 6 nitrogen and oxygen atoms in total. The fourth-order valence-corrected chi connectivity index (χ4v) is 6.78. The molecule has 2 fully saturated rings. The molecule has 1 aliphatic carbocycles. The first-order valence-electron chi connectivity index (χ1n) is 12.2. The van der Waals surface area contributed by atoms with Crippen LogP contribution < -0.4 is 10.5 Å². The van der Waals surface area contributed by atoms with Gasteiger partial charge in [0.1, 0.15) is 15.8 Å². The summed E-state index contributed by atoms with van der Waals surface area (Å²) in [6.45, 7) is 1.44. The van der Waals surface area contributed by atoms with Crippen molar-refractivity contribution in [1.82, 2.24) is 14.3 Å². The van der Waals surface area contributed by atoms with E-state index in [2.05, 4.69) is 23.1 Å². The Morgan fingerprint density at radius 1 is 1.00 bits per heavy atom. The Bertz CT molecular complexity index is 1420. The van der Waals surface area contributed by atoms with Gasteiger partial charge in [0, 0.05) is 25.3 Å². The molecule has 0 spiro atoms. The molecule has 35 heavy (non-hydrogen) atoms. The largest absolute Gasteiger partial charge is 0.351 e. The fraction of sp³-hybridized carbons (Fsp3) is 0.333. The highest BCUT2D eigenvalue weighted by atomic mass is 32.2. The highest BCUT2D eigenvalue weighted by Crippen LogP contribution is 2.38. The lowest BCUT2D eigenvalue weighted by Gasteiger charge is -2.31. The first kappa shape index (κ1) is 22.5. The van der Waals surface area contributed by atoms with Crippen LogP contribution in [0, 0.1) is 0 Å². The molecule has 6 rings (SSSR count). The van der Waals surface area contributed by atoms with Gasteiger partial charge >= 0.3 is 0 Å². The number of anilines is 1. The molecule has 0 unspecified atom stereocenters. The van der Waals surface area contributed by atoms with Gasteiger partial charge in [0.15, 0.2) is 0 Å². The van der Waals surface area contributed by atoms with E-state index in [0.717, 1.165) is 38.6 Å². The highest BCUT2D eigenvalue weighted by molar-refractivity contribution is 8.26. The van der Waals surface area contributed by atoms with Gasteiger partial charge < -0.3 is 4.90 Å². The number of carbonyl (C=O) groups is 1. The van der Waals surface area contributed by atoms with E-state index in [-0.39, 0.29) is 17.5 Å². The molecule has 3 aliphatic rings. The number of benzene rings is 1. The standard InChI is InChI=1S/C27H26N4O2S2/c32-25-21(16-22-26(33)31(27(34)35-22)20-10-2-1-3-11-20)24(28-23-12-6-7-14-30(23)25)29-15-13-18-8-4-5-9-19(18)17-29/h4-9,12,14,16,20H,1-3,10-11,13,15,17H2/b22-16-. The van der Waals surface area contributed by atoms with Gasteiger partial charge in [-0.1, -0.05) is 73.6 Å². The molecule has 4 heterocycles. The lowest BCUT2D eigenvalue weighted by atomic mass is 9.94. The SMILES string of the molecule is O=C1/C(=C/c2c(N3CCc4ccccc4C3)nc3ccccn3c2=O)SC(=S)N1C1CCCCC1. The first-order valence-corrected chi connectivity index (χ1v) is 13.4. The van der Waals surface area contributed by atoms with Crippen molar-refractivity contribution in [2.75, 3.05) is 11.4 Å². The Morgan fingerprint density at radius 2 is 1.77 bits per heavy atom. The third kappa shape index (κ3) is 4.08. The van der Waals surface area contributed by atoms with Crippen molar-refractivity contribution < 1.29 is 4.79 Å². The lowest BCUT2D eigenvalue weighted by molar-refractivity contribution is -0.124. The zero-order valence-corrected chi connectivity index (χ0v) is 21.0. The predicted octanol–water partition coefficient (Wildman–Crippen LogP) is 4.79. The van der Waals surface area contributed by atoms with E-state index >= 15 is 0 Å². The fourth-order valence-electron chi connectivity index (χ4n) is 5.40. The number of thioether (sulfide) groups is 1.